The minimum Gasteiger partial charge on any atom is -0.434 e. The third-order valence-corrected chi connectivity index (χ3v) is 22.2. The zero-order chi connectivity index (χ0) is 21.7. The molecule has 0 N–H and O–H groups in total. The summed E-state index contributed by atoms with van der Waals surface area (Å²) in [5, 5.41) is 0. The Morgan fingerprint density at radius 1 is 0.704 bits per heavy atom. The fraction of sp³-hybridized carbons (Fsp3) is 1.00. The summed E-state index contributed by atoms with van der Waals surface area (Å²) in [6, 6.07) is 0. The fourth-order valence-electron chi connectivity index (χ4n) is 4.74. The second-order valence-corrected chi connectivity index (χ2v) is 27.1. The molecule has 0 bridgehead atoms. The van der Waals surface area contributed by atoms with Crippen LogP contribution in [0.15, 0.2) is 0 Å². The van der Waals surface area contributed by atoms with Crippen molar-refractivity contribution in [3.63, 3.8) is 0 Å². The third kappa shape index (κ3) is 7.47. The normalized spacial score (nSPS) is 32.9. The number of hydrogen-bond donors (Lipinski definition) is 0. The van der Waals surface area contributed by atoms with E-state index in [-0.39, 0.29) is 16.6 Å². The predicted molar refractivity (Wildman–Crippen MR) is 125 cm³/mol. The first kappa shape index (κ1) is 25.7. The van der Waals surface area contributed by atoms with Gasteiger partial charge in [-0.3, -0.25) is 0 Å². The van der Waals surface area contributed by atoms with Gasteiger partial charge in [0.25, 0.3) is 0 Å². The van der Waals surface area contributed by atoms with E-state index in [1.54, 1.807) is 0 Å². The molecule has 27 heavy (non-hydrogen) atoms. The molecule has 1 rings (SSSR count). The molecular weight excluding hydrogens is 405 g/mol. The summed E-state index contributed by atoms with van der Waals surface area (Å²) in [7, 11) is -9.29. The molecule has 1 aliphatic rings. The van der Waals surface area contributed by atoms with Crippen LogP contribution in [0.1, 0.15) is 54.9 Å². The van der Waals surface area contributed by atoms with Crippen molar-refractivity contribution in [2.45, 2.75) is 112 Å². The van der Waals surface area contributed by atoms with Crippen LogP contribution in [0.4, 0.5) is 0 Å². The van der Waals surface area contributed by atoms with Gasteiger partial charge in [0.1, 0.15) is 0 Å². The molecule has 0 aromatic rings. The number of hydrogen-bond acceptors (Lipinski definition) is 4. The van der Waals surface area contributed by atoms with Crippen LogP contribution in [-0.2, 0) is 16.8 Å². The van der Waals surface area contributed by atoms with E-state index in [0.717, 1.165) is 6.42 Å². The van der Waals surface area contributed by atoms with Crippen molar-refractivity contribution in [3.8, 4) is 0 Å². The van der Waals surface area contributed by atoms with Crippen LogP contribution in [-0.4, -0.2) is 39.7 Å². The first-order valence-corrected chi connectivity index (χ1v) is 21.4. The van der Waals surface area contributed by atoms with Gasteiger partial charge >= 0.3 is 25.7 Å². The number of rotatable bonds is 2. The Kier molecular flexibility index (Phi) is 7.39. The standard InChI is InChI=1S/C19H46O4Si4/c1-16-20-24(8,9)21-25(10,11)22-26(12,13)23-27(16,14)17(19(5,6)7)15-18(2,3)4/h16-17H,15H2,1-14H3. The van der Waals surface area contributed by atoms with E-state index in [4.69, 9.17) is 16.8 Å². The first-order valence-electron chi connectivity index (χ1n) is 10.4. The Balaban J connectivity index is 3.52. The van der Waals surface area contributed by atoms with Gasteiger partial charge < -0.3 is 16.8 Å². The Bertz CT molecular complexity index is 523. The Morgan fingerprint density at radius 2 is 1.11 bits per heavy atom. The molecule has 1 heterocycles. The molecule has 0 aromatic carbocycles. The molecule has 4 nitrogen and oxygen atoms in total. The van der Waals surface area contributed by atoms with Crippen molar-refractivity contribution < 1.29 is 16.8 Å². The van der Waals surface area contributed by atoms with Crippen LogP contribution in [0.5, 0.6) is 0 Å². The lowest BCUT2D eigenvalue weighted by Crippen LogP contribution is -2.62. The molecule has 0 radical (unpaired) electrons. The molecule has 1 fully saturated rings. The molecule has 162 valence electrons. The minimum absolute atomic E-state index is 0.0732. The van der Waals surface area contributed by atoms with Crippen molar-refractivity contribution in [2.75, 3.05) is 0 Å². The summed E-state index contributed by atoms with van der Waals surface area (Å²) in [6.07, 6.45) is 1.13. The Labute approximate surface area is 173 Å². The first-order chi connectivity index (χ1) is 11.6. The van der Waals surface area contributed by atoms with E-state index < -0.39 is 34.0 Å². The maximum Gasteiger partial charge on any atom is 0.322 e. The van der Waals surface area contributed by atoms with E-state index >= 15 is 0 Å². The lowest BCUT2D eigenvalue weighted by atomic mass is 9.80. The second-order valence-electron chi connectivity index (χ2n) is 12.1. The van der Waals surface area contributed by atoms with Crippen molar-refractivity contribution in [1.29, 1.82) is 0 Å². The largest absolute Gasteiger partial charge is 0.434 e. The van der Waals surface area contributed by atoms with Gasteiger partial charge in [-0.15, -0.1) is 0 Å². The van der Waals surface area contributed by atoms with Crippen molar-refractivity contribution >= 4 is 34.0 Å². The Morgan fingerprint density at radius 3 is 1.52 bits per heavy atom. The molecule has 0 aromatic heterocycles. The summed E-state index contributed by atoms with van der Waals surface area (Å²) in [5.74, 6) is 0. The van der Waals surface area contributed by atoms with E-state index in [2.05, 4.69) is 94.3 Å². The summed E-state index contributed by atoms with van der Waals surface area (Å²) in [4.78, 5) is 0. The van der Waals surface area contributed by atoms with Crippen LogP contribution >= 0.6 is 0 Å². The fourth-order valence-corrected chi connectivity index (χ4v) is 26.9. The van der Waals surface area contributed by atoms with Gasteiger partial charge in [-0.05, 0) is 75.5 Å². The molecular formula is C19H46O4Si4. The van der Waals surface area contributed by atoms with Gasteiger partial charge in [0, 0.05) is 0 Å². The molecule has 0 saturated carbocycles. The summed E-state index contributed by atoms with van der Waals surface area (Å²) >= 11 is 0. The zero-order valence-electron chi connectivity index (χ0n) is 20.5. The van der Waals surface area contributed by atoms with Gasteiger partial charge in [0.15, 0.2) is 0 Å². The molecule has 0 amide bonds. The third-order valence-electron chi connectivity index (χ3n) is 5.27. The van der Waals surface area contributed by atoms with E-state index in [1.807, 2.05) is 0 Å². The highest BCUT2D eigenvalue weighted by Gasteiger charge is 2.57. The van der Waals surface area contributed by atoms with E-state index in [0.29, 0.717) is 5.54 Å². The zero-order valence-corrected chi connectivity index (χ0v) is 24.5. The highest BCUT2D eigenvalue weighted by Crippen LogP contribution is 2.50. The van der Waals surface area contributed by atoms with E-state index in [9.17, 15) is 0 Å². The summed E-state index contributed by atoms with van der Waals surface area (Å²) < 4.78 is 27.0. The highest BCUT2D eigenvalue weighted by atomic mass is 28.5. The molecule has 1 aliphatic heterocycles. The van der Waals surface area contributed by atoms with Crippen molar-refractivity contribution in [1.82, 2.24) is 0 Å². The molecule has 1 saturated heterocycles. The average Bonchev–Trinajstić information content (AvgIpc) is 2.29. The average molecular weight is 451 g/mol. The van der Waals surface area contributed by atoms with Gasteiger partial charge in [-0.1, -0.05) is 41.5 Å². The molecule has 3 unspecified atom stereocenters. The molecule has 3 atom stereocenters. The monoisotopic (exact) mass is 450 g/mol. The molecule has 0 aliphatic carbocycles. The summed E-state index contributed by atoms with van der Waals surface area (Å²) in [5.41, 5.74) is 0.913. The topological polar surface area (TPSA) is 36.9 Å². The molecule has 8 heteroatoms. The summed E-state index contributed by atoms with van der Waals surface area (Å²) in [6.45, 7) is 31.7. The van der Waals surface area contributed by atoms with Gasteiger partial charge in [-0.2, -0.15) is 0 Å². The van der Waals surface area contributed by atoms with Crippen LogP contribution in [0.25, 0.3) is 0 Å². The Hall–Kier alpha value is 0.708. The van der Waals surface area contributed by atoms with Crippen molar-refractivity contribution in [2.24, 2.45) is 10.8 Å². The van der Waals surface area contributed by atoms with E-state index in [1.165, 1.54) is 0 Å². The maximum atomic E-state index is 7.13. The smallest absolute Gasteiger partial charge is 0.322 e. The SMILES string of the molecule is CC1O[Si](C)(C)O[Si](C)(C)O[Si](C)(C)O[Si]1(C)C(CC(C)(C)C)C(C)(C)C. The maximum absolute atomic E-state index is 7.13. The minimum atomic E-state index is -2.36. The highest BCUT2D eigenvalue weighted by molar-refractivity contribution is 6.91. The predicted octanol–water partition coefficient (Wildman–Crippen LogP) is 6.53. The van der Waals surface area contributed by atoms with Crippen LogP contribution in [0.3, 0.4) is 0 Å². The van der Waals surface area contributed by atoms with Crippen LogP contribution in [0.2, 0.25) is 51.4 Å². The quantitative estimate of drug-likeness (QED) is 0.448. The van der Waals surface area contributed by atoms with Gasteiger partial charge in [-0.25, -0.2) is 0 Å². The van der Waals surface area contributed by atoms with Crippen LogP contribution in [0, 0.1) is 10.8 Å². The molecule has 0 spiro atoms. The van der Waals surface area contributed by atoms with Crippen LogP contribution < -0.4 is 0 Å². The van der Waals surface area contributed by atoms with Crippen molar-refractivity contribution in [3.05, 3.63) is 0 Å². The lowest BCUT2D eigenvalue weighted by molar-refractivity contribution is 0.186. The van der Waals surface area contributed by atoms with Gasteiger partial charge in [0.2, 0.25) is 8.32 Å². The lowest BCUT2D eigenvalue weighted by Gasteiger charge is -2.51. The second kappa shape index (κ2) is 7.75. The van der Waals surface area contributed by atoms with Gasteiger partial charge in [0.05, 0.1) is 5.73 Å².